The Bertz CT molecular complexity index is 1290. The number of ether oxygens (including phenoxy) is 2. The van der Waals surface area contributed by atoms with Crippen molar-refractivity contribution in [2.75, 3.05) is 30.0 Å². The summed E-state index contributed by atoms with van der Waals surface area (Å²) >= 11 is 1.61. The van der Waals surface area contributed by atoms with Crippen LogP contribution in [0.3, 0.4) is 0 Å². The molecule has 0 unspecified atom stereocenters. The average molecular weight is 501 g/mol. The fraction of sp³-hybridized carbons (Fsp3) is 0.240. The number of sulfonamides is 1. The summed E-state index contributed by atoms with van der Waals surface area (Å²) in [7, 11) is -1.11. The summed E-state index contributed by atoms with van der Waals surface area (Å²) < 4.78 is 39.9. The highest BCUT2D eigenvalue weighted by Gasteiger charge is 2.23. The lowest BCUT2D eigenvalue weighted by atomic mass is 10.1. The van der Waals surface area contributed by atoms with Crippen molar-refractivity contribution in [3.63, 3.8) is 0 Å². The Morgan fingerprint density at radius 2 is 1.59 bits per heavy atom. The smallest absolute Gasteiger partial charge is 0.265 e. The van der Waals surface area contributed by atoms with Crippen LogP contribution in [0.25, 0.3) is 0 Å². The minimum Gasteiger partial charge on any atom is -0.496 e. The Labute approximate surface area is 204 Å². The van der Waals surface area contributed by atoms with Gasteiger partial charge in [-0.15, -0.1) is 11.8 Å². The zero-order valence-electron chi connectivity index (χ0n) is 19.8. The predicted octanol–water partition coefficient (Wildman–Crippen LogP) is 5.49. The van der Waals surface area contributed by atoms with Crippen molar-refractivity contribution in [1.82, 2.24) is 0 Å². The van der Waals surface area contributed by atoms with Crippen molar-refractivity contribution in [2.24, 2.45) is 0 Å². The normalized spacial score (nSPS) is 11.1. The van der Waals surface area contributed by atoms with Gasteiger partial charge < -0.3 is 14.8 Å². The van der Waals surface area contributed by atoms with Gasteiger partial charge in [0.2, 0.25) is 0 Å². The number of hydrogen-bond donors (Lipinski definition) is 2. The van der Waals surface area contributed by atoms with E-state index in [9.17, 15) is 13.2 Å². The van der Waals surface area contributed by atoms with Crippen LogP contribution < -0.4 is 19.5 Å². The lowest BCUT2D eigenvalue weighted by molar-refractivity contribution is 0.102. The molecular weight excluding hydrogens is 472 g/mol. The van der Waals surface area contributed by atoms with Crippen LogP contribution in [-0.4, -0.2) is 34.3 Å². The molecule has 0 saturated heterocycles. The molecule has 7 nitrogen and oxygen atoms in total. The molecule has 0 aliphatic heterocycles. The molecule has 9 heteroatoms. The van der Waals surface area contributed by atoms with Crippen LogP contribution in [0.2, 0.25) is 0 Å². The minimum absolute atomic E-state index is 0.0855. The molecule has 34 heavy (non-hydrogen) atoms. The van der Waals surface area contributed by atoms with E-state index >= 15 is 0 Å². The number of methoxy groups -OCH3 is 2. The highest BCUT2D eigenvalue weighted by molar-refractivity contribution is 7.99. The number of anilines is 2. The molecule has 0 heterocycles. The summed E-state index contributed by atoms with van der Waals surface area (Å²) in [6.07, 6.45) is 0. The molecule has 1 amide bonds. The van der Waals surface area contributed by atoms with Crippen LogP contribution in [0.5, 0.6) is 11.5 Å². The van der Waals surface area contributed by atoms with Crippen molar-refractivity contribution in [3.8, 4) is 11.5 Å². The fourth-order valence-corrected chi connectivity index (χ4v) is 5.55. The highest BCUT2D eigenvalue weighted by Crippen LogP contribution is 2.32. The Morgan fingerprint density at radius 1 is 0.941 bits per heavy atom. The van der Waals surface area contributed by atoms with E-state index in [1.807, 2.05) is 45.0 Å². The SMILES string of the molecule is CCSc1ccc(OC)c(C(=O)Nc2ccc(OC)c(S(=O)(=O)Nc3c(C)cccc3C)c2)c1. The summed E-state index contributed by atoms with van der Waals surface area (Å²) in [6, 6.07) is 15.4. The molecule has 0 spiro atoms. The van der Waals surface area contributed by atoms with Crippen molar-refractivity contribution in [2.45, 2.75) is 30.6 Å². The summed E-state index contributed by atoms with van der Waals surface area (Å²) in [5.41, 5.74) is 2.76. The first-order valence-corrected chi connectivity index (χ1v) is 13.1. The number of rotatable bonds is 9. The average Bonchev–Trinajstić information content (AvgIpc) is 2.81. The number of aryl methyl sites for hydroxylation is 2. The summed E-state index contributed by atoms with van der Waals surface area (Å²) in [5, 5.41) is 2.78. The number of thioether (sulfide) groups is 1. The van der Waals surface area contributed by atoms with E-state index in [0.29, 0.717) is 22.7 Å². The third-order valence-electron chi connectivity index (χ3n) is 5.16. The van der Waals surface area contributed by atoms with Crippen LogP contribution in [0.1, 0.15) is 28.4 Å². The lowest BCUT2D eigenvalue weighted by Gasteiger charge is -2.16. The predicted molar refractivity (Wildman–Crippen MR) is 137 cm³/mol. The largest absolute Gasteiger partial charge is 0.496 e. The third kappa shape index (κ3) is 5.66. The van der Waals surface area contributed by atoms with Gasteiger partial charge >= 0.3 is 0 Å². The van der Waals surface area contributed by atoms with Gasteiger partial charge in [0.15, 0.2) is 0 Å². The summed E-state index contributed by atoms with van der Waals surface area (Å²) in [4.78, 5) is 13.9. The molecule has 0 fully saturated rings. The van der Waals surface area contributed by atoms with Gasteiger partial charge in [-0.2, -0.15) is 0 Å². The molecule has 0 aliphatic rings. The molecule has 180 valence electrons. The van der Waals surface area contributed by atoms with Crippen molar-refractivity contribution >= 4 is 39.1 Å². The van der Waals surface area contributed by atoms with Crippen molar-refractivity contribution in [3.05, 3.63) is 71.3 Å². The number of para-hydroxylation sites is 1. The molecule has 0 aromatic heterocycles. The van der Waals surface area contributed by atoms with E-state index in [4.69, 9.17) is 9.47 Å². The van der Waals surface area contributed by atoms with Gasteiger partial charge in [0.05, 0.1) is 25.5 Å². The summed E-state index contributed by atoms with van der Waals surface area (Å²) in [6.45, 7) is 5.69. The molecule has 3 rings (SSSR count). The first kappa shape index (κ1) is 25.5. The third-order valence-corrected chi connectivity index (χ3v) is 7.40. The maximum atomic E-state index is 13.3. The van der Waals surface area contributed by atoms with E-state index in [-0.39, 0.29) is 10.6 Å². The number of hydrogen-bond acceptors (Lipinski definition) is 6. The fourth-order valence-electron chi connectivity index (χ4n) is 3.45. The molecule has 3 aromatic rings. The van der Waals surface area contributed by atoms with Crippen LogP contribution in [-0.2, 0) is 10.0 Å². The number of amides is 1. The Hall–Kier alpha value is -3.17. The number of benzene rings is 3. The van der Waals surface area contributed by atoms with Crippen LogP contribution >= 0.6 is 11.8 Å². The van der Waals surface area contributed by atoms with Crippen molar-refractivity contribution in [1.29, 1.82) is 0 Å². The van der Waals surface area contributed by atoms with E-state index < -0.39 is 15.9 Å². The molecular formula is C25H28N2O5S2. The lowest BCUT2D eigenvalue weighted by Crippen LogP contribution is -2.17. The second-order valence-electron chi connectivity index (χ2n) is 7.49. The van der Waals surface area contributed by atoms with Crippen LogP contribution in [0, 0.1) is 13.8 Å². The van der Waals surface area contributed by atoms with Gasteiger partial charge in [-0.1, -0.05) is 25.1 Å². The van der Waals surface area contributed by atoms with Gasteiger partial charge in [0.1, 0.15) is 16.4 Å². The number of carbonyl (C=O) groups is 1. The van der Waals surface area contributed by atoms with Gasteiger partial charge in [0, 0.05) is 10.6 Å². The van der Waals surface area contributed by atoms with E-state index in [1.54, 1.807) is 30.0 Å². The molecule has 0 aliphatic carbocycles. The maximum absolute atomic E-state index is 13.3. The highest BCUT2D eigenvalue weighted by atomic mass is 32.2. The first-order valence-electron chi connectivity index (χ1n) is 10.6. The van der Waals surface area contributed by atoms with Gasteiger partial charge in [-0.25, -0.2) is 8.42 Å². The Balaban J connectivity index is 1.96. The second kappa shape index (κ2) is 10.8. The number of nitrogens with one attached hydrogen (secondary N) is 2. The molecule has 0 radical (unpaired) electrons. The Kier molecular flexibility index (Phi) is 8.11. The summed E-state index contributed by atoms with van der Waals surface area (Å²) in [5.74, 6) is 1.04. The van der Waals surface area contributed by atoms with Gasteiger partial charge in [0.25, 0.3) is 15.9 Å². The van der Waals surface area contributed by atoms with E-state index in [0.717, 1.165) is 21.8 Å². The van der Waals surface area contributed by atoms with E-state index in [1.165, 1.54) is 26.4 Å². The molecule has 0 saturated carbocycles. The van der Waals surface area contributed by atoms with E-state index in [2.05, 4.69) is 10.0 Å². The molecule has 0 bridgehead atoms. The zero-order chi connectivity index (χ0) is 24.9. The van der Waals surface area contributed by atoms with Crippen LogP contribution in [0.15, 0.2) is 64.4 Å². The van der Waals surface area contributed by atoms with Gasteiger partial charge in [-0.05, 0) is 67.1 Å². The minimum atomic E-state index is -4.01. The topological polar surface area (TPSA) is 93.7 Å². The Morgan fingerprint density at radius 3 is 2.21 bits per heavy atom. The maximum Gasteiger partial charge on any atom is 0.265 e. The van der Waals surface area contributed by atoms with Crippen LogP contribution in [0.4, 0.5) is 11.4 Å². The molecule has 0 atom stereocenters. The zero-order valence-corrected chi connectivity index (χ0v) is 21.4. The molecule has 2 N–H and O–H groups in total. The second-order valence-corrected chi connectivity index (χ2v) is 10.5. The quantitative estimate of drug-likeness (QED) is 0.378. The standard InChI is InChI=1S/C25H28N2O5S2/c1-6-33-19-11-13-21(31-4)20(15-19)25(28)26-18-10-12-22(32-5)23(14-18)34(29,30)27-24-16(2)8-7-9-17(24)3/h7-15,27H,6H2,1-5H3,(H,26,28). The number of carbonyl (C=O) groups excluding carboxylic acids is 1. The van der Waals surface area contributed by atoms with Crippen molar-refractivity contribution < 1.29 is 22.7 Å². The molecule has 3 aromatic carbocycles. The van der Waals surface area contributed by atoms with Gasteiger partial charge in [-0.3, -0.25) is 9.52 Å². The monoisotopic (exact) mass is 500 g/mol. The first-order chi connectivity index (χ1) is 16.2.